The maximum Gasteiger partial charge on any atom is 0.104 e. The van der Waals surface area contributed by atoms with Crippen LogP contribution in [-0.4, -0.2) is 11.7 Å². The third-order valence-corrected chi connectivity index (χ3v) is 1.51. The van der Waals surface area contributed by atoms with Crippen LogP contribution in [-0.2, 0) is 0 Å². The van der Waals surface area contributed by atoms with Crippen molar-refractivity contribution >= 4 is 5.69 Å². The first-order chi connectivity index (χ1) is 5.74. The van der Waals surface area contributed by atoms with Crippen molar-refractivity contribution in [1.29, 1.82) is 0 Å². The van der Waals surface area contributed by atoms with E-state index < -0.39 is 0 Å². The van der Waals surface area contributed by atoms with Crippen LogP contribution in [0.4, 0.5) is 5.69 Å². The molecule has 1 rings (SSSR count). The van der Waals surface area contributed by atoms with E-state index >= 15 is 0 Å². The number of aryl methyl sites for hydroxylation is 1. The summed E-state index contributed by atoms with van der Waals surface area (Å²) in [6.07, 6.45) is 0. The standard InChI is InChI=1S/C10H11NO/c1-8-4-5-9(3-2-6-12)10(11)7-8/h4-5,7,12H,6,11H2,1H3. The normalized spacial score (nSPS) is 8.83. The summed E-state index contributed by atoms with van der Waals surface area (Å²) >= 11 is 0. The van der Waals surface area contributed by atoms with Crippen molar-refractivity contribution in [3.8, 4) is 11.8 Å². The number of aliphatic hydroxyl groups is 1. The van der Waals surface area contributed by atoms with Crippen molar-refractivity contribution in [2.45, 2.75) is 6.92 Å². The molecule has 0 aromatic heterocycles. The zero-order valence-corrected chi connectivity index (χ0v) is 6.96. The van der Waals surface area contributed by atoms with Gasteiger partial charge in [-0.15, -0.1) is 0 Å². The SMILES string of the molecule is Cc1ccc(C#CCO)c(N)c1. The maximum atomic E-state index is 8.46. The van der Waals surface area contributed by atoms with Gasteiger partial charge in [0.25, 0.3) is 0 Å². The summed E-state index contributed by atoms with van der Waals surface area (Å²) < 4.78 is 0. The van der Waals surface area contributed by atoms with Crippen LogP contribution in [0.3, 0.4) is 0 Å². The molecule has 0 spiro atoms. The highest BCUT2D eigenvalue weighted by atomic mass is 16.2. The third-order valence-electron chi connectivity index (χ3n) is 1.51. The molecule has 0 unspecified atom stereocenters. The largest absolute Gasteiger partial charge is 0.398 e. The number of hydrogen-bond donors (Lipinski definition) is 2. The fourth-order valence-electron chi connectivity index (χ4n) is 0.931. The van der Waals surface area contributed by atoms with Crippen molar-refractivity contribution in [2.75, 3.05) is 12.3 Å². The number of nitrogens with two attached hydrogens (primary N) is 1. The summed E-state index contributed by atoms with van der Waals surface area (Å²) in [5.74, 6) is 5.32. The highest BCUT2D eigenvalue weighted by molar-refractivity contribution is 5.57. The van der Waals surface area contributed by atoms with Crippen LogP contribution in [0.2, 0.25) is 0 Å². The number of hydrogen-bond acceptors (Lipinski definition) is 2. The Balaban J connectivity index is 3.01. The van der Waals surface area contributed by atoms with Gasteiger partial charge in [-0.05, 0) is 24.6 Å². The molecule has 1 aromatic carbocycles. The fraction of sp³-hybridized carbons (Fsp3) is 0.200. The Bertz CT molecular complexity index is 333. The average molecular weight is 161 g/mol. The van der Waals surface area contributed by atoms with Gasteiger partial charge in [0.2, 0.25) is 0 Å². The Morgan fingerprint density at radius 3 is 2.83 bits per heavy atom. The molecular weight excluding hydrogens is 150 g/mol. The molecule has 12 heavy (non-hydrogen) atoms. The summed E-state index contributed by atoms with van der Waals surface area (Å²) in [6, 6.07) is 5.66. The van der Waals surface area contributed by atoms with Gasteiger partial charge in [0, 0.05) is 11.3 Å². The van der Waals surface area contributed by atoms with E-state index in [1.54, 1.807) is 0 Å². The van der Waals surface area contributed by atoms with Crippen molar-refractivity contribution in [3.05, 3.63) is 29.3 Å². The second-order valence-electron chi connectivity index (χ2n) is 2.55. The minimum Gasteiger partial charge on any atom is -0.398 e. The van der Waals surface area contributed by atoms with Crippen LogP contribution >= 0.6 is 0 Å². The first-order valence-corrected chi connectivity index (χ1v) is 3.70. The smallest absolute Gasteiger partial charge is 0.104 e. The van der Waals surface area contributed by atoms with E-state index in [9.17, 15) is 0 Å². The fourth-order valence-corrected chi connectivity index (χ4v) is 0.931. The van der Waals surface area contributed by atoms with Gasteiger partial charge >= 0.3 is 0 Å². The zero-order valence-electron chi connectivity index (χ0n) is 6.96. The maximum absolute atomic E-state index is 8.46. The summed E-state index contributed by atoms with van der Waals surface area (Å²) in [5, 5.41) is 8.46. The molecule has 0 aliphatic rings. The van der Waals surface area contributed by atoms with E-state index in [1.165, 1.54) is 0 Å². The molecule has 2 nitrogen and oxygen atoms in total. The third kappa shape index (κ3) is 2.01. The number of nitrogen functional groups attached to an aromatic ring is 1. The van der Waals surface area contributed by atoms with E-state index in [1.807, 2.05) is 25.1 Å². The van der Waals surface area contributed by atoms with E-state index in [-0.39, 0.29) is 6.61 Å². The molecule has 0 aliphatic heterocycles. The number of anilines is 1. The molecule has 0 aliphatic carbocycles. The quantitative estimate of drug-likeness (QED) is 0.439. The molecule has 0 saturated heterocycles. The first-order valence-electron chi connectivity index (χ1n) is 3.70. The number of rotatable bonds is 0. The minimum atomic E-state index is -0.132. The molecule has 0 heterocycles. The topological polar surface area (TPSA) is 46.2 Å². The Kier molecular flexibility index (Phi) is 2.73. The van der Waals surface area contributed by atoms with Gasteiger partial charge in [0.05, 0.1) is 0 Å². The molecular formula is C10H11NO. The average Bonchev–Trinajstić information content (AvgIpc) is 2.03. The zero-order chi connectivity index (χ0) is 8.97. The Hall–Kier alpha value is -1.46. The van der Waals surface area contributed by atoms with Gasteiger partial charge in [-0.3, -0.25) is 0 Å². The van der Waals surface area contributed by atoms with Crippen LogP contribution in [0.15, 0.2) is 18.2 Å². The lowest BCUT2D eigenvalue weighted by molar-refractivity contribution is 0.350. The summed E-state index contributed by atoms with van der Waals surface area (Å²) in [6.45, 7) is 1.84. The Labute approximate surface area is 72.0 Å². The van der Waals surface area contributed by atoms with Crippen LogP contribution in [0.25, 0.3) is 0 Å². The van der Waals surface area contributed by atoms with Crippen LogP contribution in [0.5, 0.6) is 0 Å². The second-order valence-corrected chi connectivity index (χ2v) is 2.55. The highest BCUT2D eigenvalue weighted by Crippen LogP contribution is 2.11. The van der Waals surface area contributed by atoms with Gasteiger partial charge < -0.3 is 10.8 Å². The predicted molar refractivity (Wildman–Crippen MR) is 49.6 cm³/mol. The lowest BCUT2D eigenvalue weighted by atomic mass is 10.1. The molecule has 0 radical (unpaired) electrons. The molecule has 62 valence electrons. The van der Waals surface area contributed by atoms with Gasteiger partial charge in [-0.25, -0.2) is 0 Å². The van der Waals surface area contributed by atoms with E-state index in [2.05, 4.69) is 11.8 Å². The van der Waals surface area contributed by atoms with Crippen molar-refractivity contribution in [3.63, 3.8) is 0 Å². The first kappa shape index (κ1) is 8.63. The molecule has 2 heteroatoms. The second kappa shape index (κ2) is 3.80. The lowest BCUT2D eigenvalue weighted by Crippen LogP contribution is -1.90. The predicted octanol–water partition coefficient (Wildman–Crippen LogP) is 0.921. The Morgan fingerprint density at radius 1 is 1.50 bits per heavy atom. The Morgan fingerprint density at radius 2 is 2.25 bits per heavy atom. The van der Waals surface area contributed by atoms with Gasteiger partial charge in [0.15, 0.2) is 0 Å². The summed E-state index contributed by atoms with van der Waals surface area (Å²) in [4.78, 5) is 0. The minimum absolute atomic E-state index is 0.132. The van der Waals surface area contributed by atoms with Gasteiger partial charge in [-0.2, -0.15) is 0 Å². The molecule has 0 bridgehead atoms. The van der Waals surface area contributed by atoms with E-state index in [4.69, 9.17) is 10.8 Å². The summed E-state index contributed by atoms with van der Waals surface area (Å²) in [7, 11) is 0. The highest BCUT2D eigenvalue weighted by Gasteiger charge is 1.93. The molecule has 0 fully saturated rings. The molecule has 0 atom stereocenters. The van der Waals surface area contributed by atoms with Crippen molar-refractivity contribution < 1.29 is 5.11 Å². The number of aliphatic hydroxyl groups excluding tert-OH is 1. The summed E-state index contributed by atoms with van der Waals surface area (Å²) in [5.41, 5.74) is 8.23. The van der Waals surface area contributed by atoms with Crippen LogP contribution in [0, 0.1) is 18.8 Å². The van der Waals surface area contributed by atoms with E-state index in [0.29, 0.717) is 5.69 Å². The number of benzene rings is 1. The monoisotopic (exact) mass is 161 g/mol. The van der Waals surface area contributed by atoms with Crippen molar-refractivity contribution in [2.24, 2.45) is 0 Å². The molecule has 3 N–H and O–H groups in total. The molecule has 0 saturated carbocycles. The molecule has 1 aromatic rings. The molecule has 0 amide bonds. The van der Waals surface area contributed by atoms with Crippen LogP contribution in [0.1, 0.15) is 11.1 Å². The lowest BCUT2D eigenvalue weighted by Gasteiger charge is -1.98. The van der Waals surface area contributed by atoms with Crippen molar-refractivity contribution in [1.82, 2.24) is 0 Å². The van der Waals surface area contributed by atoms with Gasteiger partial charge in [-0.1, -0.05) is 17.9 Å². The van der Waals surface area contributed by atoms with Gasteiger partial charge in [0.1, 0.15) is 6.61 Å². The van der Waals surface area contributed by atoms with Crippen LogP contribution < -0.4 is 5.73 Å². The van der Waals surface area contributed by atoms with E-state index in [0.717, 1.165) is 11.1 Å².